The van der Waals surface area contributed by atoms with Gasteiger partial charge < -0.3 is 5.32 Å². The summed E-state index contributed by atoms with van der Waals surface area (Å²) in [6, 6.07) is 4.39. The summed E-state index contributed by atoms with van der Waals surface area (Å²) < 4.78 is 0.367. The molecule has 0 aromatic heterocycles. The zero-order valence-corrected chi connectivity index (χ0v) is 14.3. The minimum atomic E-state index is -0.508. The molecule has 0 aliphatic heterocycles. The van der Waals surface area contributed by atoms with Gasteiger partial charge in [-0.05, 0) is 45.8 Å². The summed E-state index contributed by atoms with van der Waals surface area (Å²) in [6.07, 6.45) is 0. The molecule has 1 N–H and O–H groups in total. The van der Waals surface area contributed by atoms with Crippen LogP contribution in [0, 0.1) is 27.9 Å². The summed E-state index contributed by atoms with van der Waals surface area (Å²) >= 11 is 3.11. The van der Waals surface area contributed by atoms with Crippen LogP contribution in [0.25, 0.3) is 0 Å². The number of amides is 1. The van der Waals surface area contributed by atoms with Crippen LogP contribution in [0.1, 0.15) is 38.1 Å². The zero-order chi connectivity index (χ0) is 16.2. The Balaban J connectivity index is 2.81. The van der Waals surface area contributed by atoms with Gasteiger partial charge in [0.2, 0.25) is 0 Å². The molecule has 0 heterocycles. The minimum Gasteiger partial charge on any atom is -0.352 e. The third-order valence-electron chi connectivity index (χ3n) is 3.62. The molecule has 0 atom stereocenters. The van der Waals surface area contributed by atoms with Crippen molar-refractivity contribution in [2.24, 2.45) is 17.8 Å². The van der Waals surface area contributed by atoms with Gasteiger partial charge in [0.05, 0.1) is 9.40 Å². The number of nitrogens with zero attached hydrogens (tertiary/aromatic N) is 1. The van der Waals surface area contributed by atoms with Crippen LogP contribution in [0.15, 0.2) is 22.7 Å². The van der Waals surface area contributed by atoms with Crippen LogP contribution in [0.3, 0.4) is 0 Å². The molecule has 5 nitrogen and oxygen atoms in total. The smallest absolute Gasteiger partial charge is 0.284 e. The molecule has 0 spiro atoms. The van der Waals surface area contributed by atoms with E-state index in [9.17, 15) is 14.9 Å². The van der Waals surface area contributed by atoms with Crippen molar-refractivity contribution in [1.82, 2.24) is 5.32 Å². The van der Waals surface area contributed by atoms with E-state index in [1.54, 1.807) is 6.07 Å². The van der Waals surface area contributed by atoms with E-state index in [0.29, 0.717) is 34.3 Å². The largest absolute Gasteiger partial charge is 0.352 e. The quantitative estimate of drug-likeness (QED) is 0.617. The first-order valence-corrected chi connectivity index (χ1v) is 7.75. The average Bonchev–Trinajstić information content (AvgIpc) is 2.37. The summed E-state index contributed by atoms with van der Waals surface area (Å²) in [5.74, 6) is 1.02. The predicted octanol–water partition coefficient (Wildman–Crippen LogP) is 4.02. The molecule has 0 bridgehead atoms. The summed E-state index contributed by atoms with van der Waals surface area (Å²) in [7, 11) is 0. The van der Waals surface area contributed by atoms with Gasteiger partial charge in [-0.2, -0.15) is 0 Å². The number of hydrogen-bond acceptors (Lipinski definition) is 3. The molecule has 0 aliphatic carbocycles. The number of nitro benzene ring substituents is 1. The third kappa shape index (κ3) is 4.81. The van der Waals surface area contributed by atoms with Gasteiger partial charge in [-0.1, -0.05) is 27.7 Å². The maximum atomic E-state index is 12.1. The molecule has 6 heteroatoms. The lowest BCUT2D eigenvalue weighted by atomic mass is 9.85. The number of nitro groups is 1. The van der Waals surface area contributed by atoms with Gasteiger partial charge in [0.1, 0.15) is 0 Å². The van der Waals surface area contributed by atoms with Gasteiger partial charge in [-0.3, -0.25) is 14.9 Å². The van der Waals surface area contributed by atoms with Crippen molar-refractivity contribution in [2.45, 2.75) is 27.7 Å². The molecule has 1 rings (SSSR count). The first kappa shape index (κ1) is 17.6. The van der Waals surface area contributed by atoms with Gasteiger partial charge in [0, 0.05) is 18.2 Å². The fourth-order valence-corrected chi connectivity index (χ4v) is 2.74. The van der Waals surface area contributed by atoms with Crippen molar-refractivity contribution in [3.05, 3.63) is 38.3 Å². The second-order valence-corrected chi connectivity index (χ2v) is 6.64. The number of halogens is 1. The first-order chi connectivity index (χ1) is 9.73. The highest BCUT2D eigenvalue weighted by molar-refractivity contribution is 9.10. The van der Waals surface area contributed by atoms with E-state index in [-0.39, 0.29) is 11.6 Å². The Morgan fingerprint density at radius 1 is 1.29 bits per heavy atom. The van der Waals surface area contributed by atoms with Gasteiger partial charge in [0.15, 0.2) is 0 Å². The van der Waals surface area contributed by atoms with Crippen molar-refractivity contribution < 1.29 is 9.72 Å². The summed E-state index contributed by atoms with van der Waals surface area (Å²) in [5.41, 5.74) is 0.197. The number of rotatable bonds is 6. The van der Waals surface area contributed by atoms with Crippen LogP contribution in [0.5, 0.6) is 0 Å². The molecular weight excluding hydrogens is 336 g/mol. The van der Waals surface area contributed by atoms with Gasteiger partial charge in [-0.25, -0.2) is 0 Å². The molecule has 0 aliphatic rings. The van der Waals surface area contributed by atoms with Crippen molar-refractivity contribution in [3.63, 3.8) is 0 Å². The van der Waals surface area contributed by atoms with E-state index < -0.39 is 4.92 Å². The number of carbonyl (C=O) groups excluding carboxylic acids is 1. The lowest BCUT2D eigenvalue weighted by Crippen LogP contribution is -2.33. The summed E-state index contributed by atoms with van der Waals surface area (Å²) in [6.45, 7) is 9.07. The van der Waals surface area contributed by atoms with E-state index in [1.165, 1.54) is 12.1 Å². The van der Waals surface area contributed by atoms with Gasteiger partial charge in [-0.15, -0.1) is 0 Å². The lowest BCUT2D eigenvalue weighted by Gasteiger charge is -2.25. The summed E-state index contributed by atoms with van der Waals surface area (Å²) in [5, 5.41) is 13.8. The van der Waals surface area contributed by atoms with Crippen LogP contribution in [0.2, 0.25) is 0 Å². The molecule has 116 valence electrons. The van der Waals surface area contributed by atoms with E-state index >= 15 is 0 Å². The molecule has 21 heavy (non-hydrogen) atoms. The molecular formula is C15H21BrN2O3. The number of carbonyl (C=O) groups is 1. The highest BCUT2D eigenvalue weighted by Crippen LogP contribution is 2.25. The normalized spacial score (nSPS) is 11.2. The van der Waals surface area contributed by atoms with Crippen LogP contribution in [-0.2, 0) is 0 Å². The maximum Gasteiger partial charge on any atom is 0.284 e. The third-order valence-corrected chi connectivity index (χ3v) is 4.29. The lowest BCUT2D eigenvalue weighted by molar-refractivity contribution is -0.385. The molecule has 0 unspecified atom stereocenters. The fraction of sp³-hybridized carbons (Fsp3) is 0.533. The SMILES string of the molecule is CC(C)C(CNC(=O)c1ccc(Br)c([N+](=O)[O-])c1)C(C)C. The Bertz CT molecular complexity index is 522. The Morgan fingerprint density at radius 2 is 1.86 bits per heavy atom. The first-order valence-electron chi connectivity index (χ1n) is 6.96. The van der Waals surface area contributed by atoms with Crippen molar-refractivity contribution >= 4 is 27.5 Å². The van der Waals surface area contributed by atoms with Crippen molar-refractivity contribution in [2.75, 3.05) is 6.54 Å². The summed E-state index contributed by atoms with van der Waals surface area (Å²) in [4.78, 5) is 22.5. The Hall–Kier alpha value is -1.43. The van der Waals surface area contributed by atoms with E-state index in [2.05, 4.69) is 48.9 Å². The molecule has 1 aromatic rings. The second-order valence-electron chi connectivity index (χ2n) is 5.79. The maximum absolute atomic E-state index is 12.1. The minimum absolute atomic E-state index is 0.105. The average molecular weight is 357 g/mol. The fourth-order valence-electron chi connectivity index (χ4n) is 2.35. The molecule has 0 saturated heterocycles. The monoisotopic (exact) mass is 356 g/mol. The van der Waals surface area contributed by atoms with Crippen molar-refractivity contribution in [1.29, 1.82) is 0 Å². The number of nitrogens with one attached hydrogen (secondary N) is 1. The Labute approximate surface area is 133 Å². The molecule has 0 saturated carbocycles. The zero-order valence-electron chi connectivity index (χ0n) is 12.7. The van der Waals surface area contributed by atoms with E-state index in [4.69, 9.17) is 0 Å². The molecule has 1 aromatic carbocycles. The van der Waals surface area contributed by atoms with Gasteiger partial charge >= 0.3 is 0 Å². The predicted molar refractivity (Wildman–Crippen MR) is 86.3 cm³/mol. The Morgan fingerprint density at radius 3 is 2.33 bits per heavy atom. The van der Waals surface area contributed by atoms with Gasteiger partial charge in [0.25, 0.3) is 11.6 Å². The van der Waals surface area contributed by atoms with Crippen molar-refractivity contribution in [3.8, 4) is 0 Å². The topological polar surface area (TPSA) is 72.2 Å². The number of hydrogen-bond donors (Lipinski definition) is 1. The van der Waals surface area contributed by atoms with Crippen LogP contribution in [-0.4, -0.2) is 17.4 Å². The van der Waals surface area contributed by atoms with E-state index in [1.807, 2.05) is 0 Å². The van der Waals surface area contributed by atoms with Crippen LogP contribution >= 0.6 is 15.9 Å². The van der Waals surface area contributed by atoms with Crippen LogP contribution < -0.4 is 5.32 Å². The Kier molecular flexibility index (Phi) is 6.33. The molecule has 0 radical (unpaired) electrons. The number of benzene rings is 1. The van der Waals surface area contributed by atoms with Crippen LogP contribution in [0.4, 0.5) is 5.69 Å². The molecule has 1 amide bonds. The second kappa shape index (κ2) is 7.54. The van der Waals surface area contributed by atoms with E-state index in [0.717, 1.165) is 0 Å². The molecule has 0 fully saturated rings. The highest BCUT2D eigenvalue weighted by atomic mass is 79.9. The standard InChI is InChI=1S/C15H21BrN2O3/c1-9(2)12(10(3)4)8-17-15(19)11-5-6-13(16)14(7-11)18(20)21/h5-7,9-10,12H,8H2,1-4H3,(H,17,19). The highest BCUT2D eigenvalue weighted by Gasteiger charge is 2.20.